The zero-order chi connectivity index (χ0) is 24.8. The molecule has 0 saturated carbocycles. The number of nitrogens with zero attached hydrogens (tertiary/aromatic N) is 1. The van der Waals surface area contributed by atoms with Gasteiger partial charge >= 0.3 is 0 Å². The lowest BCUT2D eigenvalue weighted by molar-refractivity contribution is -0.112. The van der Waals surface area contributed by atoms with E-state index in [4.69, 9.17) is 9.47 Å². The average Bonchev–Trinajstić information content (AvgIpc) is 2.88. The molecule has 1 N–H and O–H groups in total. The van der Waals surface area contributed by atoms with Crippen LogP contribution in [0, 0.1) is 25.2 Å². The van der Waals surface area contributed by atoms with Gasteiger partial charge in [0.1, 0.15) is 29.7 Å². The number of ether oxygens (including phenoxy) is 2. The summed E-state index contributed by atoms with van der Waals surface area (Å²) >= 11 is 0. The normalized spacial score (nSPS) is 11.1. The molecule has 5 nitrogen and oxygen atoms in total. The van der Waals surface area contributed by atoms with Crippen LogP contribution in [0.4, 0.5) is 5.69 Å². The monoisotopic (exact) mass is 462 g/mol. The quantitative estimate of drug-likeness (QED) is 0.248. The molecule has 0 bridgehead atoms. The second kappa shape index (κ2) is 10.6. The number of fused-ring (bicyclic) bond motifs is 1. The minimum atomic E-state index is -0.475. The Labute approximate surface area is 205 Å². The van der Waals surface area contributed by atoms with Gasteiger partial charge in [0, 0.05) is 17.3 Å². The van der Waals surface area contributed by atoms with Gasteiger partial charge < -0.3 is 14.8 Å². The average molecular weight is 463 g/mol. The molecule has 0 spiro atoms. The summed E-state index contributed by atoms with van der Waals surface area (Å²) in [7, 11) is 1.58. The van der Waals surface area contributed by atoms with Gasteiger partial charge in [-0.15, -0.1) is 0 Å². The Morgan fingerprint density at radius 3 is 2.60 bits per heavy atom. The number of aryl methyl sites for hydroxylation is 2. The van der Waals surface area contributed by atoms with Crippen LogP contribution in [0.25, 0.3) is 16.8 Å². The van der Waals surface area contributed by atoms with Crippen LogP contribution in [0.5, 0.6) is 11.5 Å². The molecule has 5 heteroatoms. The Morgan fingerprint density at radius 2 is 1.80 bits per heavy atom. The van der Waals surface area contributed by atoms with Crippen LogP contribution in [0.2, 0.25) is 0 Å². The largest absolute Gasteiger partial charge is 0.497 e. The molecule has 0 aliphatic carbocycles. The Kier molecular flexibility index (Phi) is 7.13. The zero-order valence-corrected chi connectivity index (χ0v) is 20.0. The van der Waals surface area contributed by atoms with Crippen molar-refractivity contribution in [1.29, 1.82) is 5.26 Å². The van der Waals surface area contributed by atoms with E-state index in [1.54, 1.807) is 31.4 Å². The van der Waals surface area contributed by atoms with Crippen molar-refractivity contribution in [2.24, 2.45) is 0 Å². The molecule has 0 unspecified atom stereocenters. The van der Waals surface area contributed by atoms with Crippen LogP contribution in [-0.4, -0.2) is 13.0 Å². The fraction of sp³-hybridized carbons (Fsp3) is 0.133. The highest BCUT2D eigenvalue weighted by Gasteiger charge is 2.14. The summed E-state index contributed by atoms with van der Waals surface area (Å²) in [4.78, 5) is 12.9. The summed E-state index contributed by atoms with van der Waals surface area (Å²) in [5.41, 5.74) is 4.24. The van der Waals surface area contributed by atoms with Crippen molar-refractivity contribution in [3.05, 3.63) is 107 Å². The van der Waals surface area contributed by atoms with Crippen LogP contribution < -0.4 is 14.8 Å². The maximum absolute atomic E-state index is 12.9. The molecular formula is C30H26N2O3. The summed E-state index contributed by atoms with van der Waals surface area (Å²) in [6.07, 6.45) is 1.54. The van der Waals surface area contributed by atoms with Gasteiger partial charge in [-0.05, 0) is 65.6 Å². The van der Waals surface area contributed by atoms with E-state index in [0.29, 0.717) is 29.4 Å². The second-order valence-corrected chi connectivity index (χ2v) is 8.27. The van der Waals surface area contributed by atoms with Gasteiger partial charge in [0.15, 0.2) is 0 Å². The number of benzene rings is 4. The maximum Gasteiger partial charge on any atom is 0.266 e. The lowest BCUT2D eigenvalue weighted by Crippen LogP contribution is -2.14. The number of anilines is 1. The number of nitrogens with one attached hydrogen (secondary N) is 1. The first-order chi connectivity index (χ1) is 17.0. The number of amides is 1. The highest BCUT2D eigenvalue weighted by atomic mass is 16.5. The number of carbonyl (C=O) groups is 1. The van der Waals surface area contributed by atoms with Gasteiger partial charge in [-0.25, -0.2) is 0 Å². The molecular weight excluding hydrogens is 436 g/mol. The molecule has 1 amide bonds. The second-order valence-electron chi connectivity index (χ2n) is 8.27. The minimum Gasteiger partial charge on any atom is -0.497 e. The summed E-state index contributed by atoms with van der Waals surface area (Å²) in [5, 5.41) is 14.8. The lowest BCUT2D eigenvalue weighted by Gasteiger charge is -2.13. The first-order valence-electron chi connectivity index (χ1n) is 11.3. The Balaban J connectivity index is 1.63. The van der Waals surface area contributed by atoms with E-state index in [1.165, 1.54) is 0 Å². The van der Waals surface area contributed by atoms with Crippen LogP contribution in [-0.2, 0) is 11.4 Å². The molecule has 4 aromatic carbocycles. The summed E-state index contributed by atoms with van der Waals surface area (Å²) in [6, 6.07) is 27.3. The number of rotatable bonds is 7. The maximum atomic E-state index is 12.9. The van der Waals surface area contributed by atoms with E-state index in [2.05, 4.69) is 23.5 Å². The molecule has 0 aromatic heterocycles. The van der Waals surface area contributed by atoms with Crippen molar-refractivity contribution in [3.63, 3.8) is 0 Å². The Bertz CT molecular complexity index is 1460. The number of hydrogen-bond donors (Lipinski definition) is 1. The topological polar surface area (TPSA) is 71.3 Å². The smallest absolute Gasteiger partial charge is 0.266 e. The molecule has 0 radical (unpaired) electrons. The number of nitriles is 1. The molecule has 4 aromatic rings. The van der Waals surface area contributed by atoms with E-state index >= 15 is 0 Å². The van der Waals surface area contributed by atoms with Gasteiger partial charge in [-0.3, -0.25) is 4.79 Å². The fourth-order valence-corrected chi connectivity index (χ4v) is 3.82. The molecule has 174 valence electrons. The first-order valence-corrected chi connectivity index (χ1v) is 11.3. The van der Waals surface area contributed by atoms with Crippen LogP contribution >= 0.6 is 0 Å². The minimum absolute atomic E-state index is 0.0221. The van der Waals surface area contributed by atoms with Crippen LogP contribution in [0.3, 0.4) is 0 Å². The van der Waals surface area contributed by atoms with Gasteiger partial charge in [-0.1, -0.05) is 54.6 Å². The third-order valence-electron chi connectivity index (χ3n) is 5.79. The molecule has 35 heavy (non-hydrogen) atoms. The van der Waals surface area contributed by atoms with E-state index in [0.717, 1.165) is 27.5 Å². The molecule has 0 aliphatic heterocycles. The van der Waals surface area contributed by atoms with Gasteiger partial charge in [0.05, 0.1) is 7.11 Å². The SMILES string of the molecule is COc1ccc(/C=C(\C#N)C(=O)Nc2cc(C)ccc2C)c(OCc2cccc3ccccc23)c1. The third-order valence-corrected chi connectivity index (χ3v) is 5.79. The van der Waals surface area contributed by atoms with Crippen molar-refractivity contribution in [1.82, 2.24) is 0 Å². The third kappa shape index (κ3) is 5.51. The standard InChI is InChI=1S/C30H26N2O3/c1-20-11-12-21(2)28(15-20)32-30(33)25(18-31)16-23-13-14-26(34-3)17-29(23)35-19-24-9-6-8-22-7-4-5-10-27(22)24/h4-17H,19H2,1-3H3,(H,32,33)/b25-16+. The van der Waals surface area contributed by atoms with Crippen molar-refractivity contribution in [3.8, 4) is 17.6 Å². The van der Waals surface area contributed by atoms with E-state index in [9.17, 15) is 10.1 Å². The van der Waals surface area contributed by atoms with Gasteiger partial charge in [0.2, 0.25) is 0 Å². The van der Waals surface area contributed by atoms with Gasteiger partial charge in [0.25, 0.3) is 5.91 Å². The molecule has 0 fully saturated rings. The summed E-state index contributed by atoms with van der Waals surface area (Å²) in [5.74, 6) is 0.662. The first kappa shape index (κ1) is 23.6. The zero-order valence-electron chi connectivity index (χ0n) is 20.0. The van der Waals surface area contributed by atoms with E-state index < -0.39 is 5.91 Å². The van der Waals surface area contributed by atoms with Crippen LogP contribution in [0.15, 0.2) is 84.4 Å². The van der Waals surface area contributed by atoms with Crippen molar-refractivity contribution in [2.45, 2.75) is 20.5 Å². The van der Waals surface area contributed by atoms with E-state index in [1.807, 2.05) is 62.4 Å². The van der Waals surface area contributed by atoms with E-state index in [-0.39, 0.29) is 5.57 Å². The molecule has 0 heterocycles. The Morgan fingerprint density at radius 1 is 1.00 bits per heavy atom. The number of hydrogen-bond acceptors (Lipinski definition) is 4. The Hall–Kier alpha value is -4.56. The number of methoxy groups -OCH3 is 1. The fourth-order valence-electron chi connectivity index (χ4n) is 3.82. The molecule has 0 atom stereocenters. The number of carbonyl (C=O) groups excluding carboxylic acids is 1. The van der Waals surface area contributed by atoms with Crippen molar-refractivity contribution >= 4 is 28.4 Å². The lowest BCUT2D eigenvalue weighted by atomic mass is 10.1. The predicted octanol–water partition coefficient (Wildman–Crippen LogP) is 6.59. The van der Waals surface area contributed by atoms with Crippen molar-refractivity contribution in [2.75, 3.05) is 12.4 Å². The molecule has 0 aliphatic rings. The summed E-state index contributed by atoms with van der Waals surface area (Å²) < 4.78 is 11.6. The molecule has 0 saturated heterocycles. The van der Waals surface area contributed by atoms with Crippen LogP contribution in [0.1, 0.15) is 22.3 Å². The highest BCUT2D eigenvalue weighted by Crippen LogP contribution is 2.29. The summed E-state index contributed by atoms with van der Waals surface area (Å²) in [6.45, 7) is 4.19. The van der Waals surface area contributed by atoms with Gasteiger partial charge in [-0.2, -0.15) is 5.26 Å². The van der Waals surface area contributed by atoms with Crippen molar-refractivity contribution < 1.29 is 14.3 Å². The highest BCUT2D eigenvalue weighted by molar-refractivity contribution is 6.10. The predicted molar refractivity (Wildman–Crippen MR) is 139 cm³/mol. The molecule has 4 rings (SSSR count).